The van der Waals surface area contributed by atoms with Gasteiger partial charge >= 0.3 is 0 Å². The molecule has 1 aromatic rings. The topological polar surface area (TPSA) is 55.8 Å². The molecule has 2 bridgehead atoms. The molecule has 4 heteroatoms. The van der Waals surface area contributed by atoms with E-state index < -0.39 is 17.1 Å². The van der Waals surface area contributed by atoms with Crippen LogP contribution in [0.15, 0.2) is 24.3 Å². The molecule has 1 saturated carbocycles. The standard InChI is InChI=1S/C18H18O4/c1-21-13-5-4-10-9-11-3-2-7-17-14(10)15(13)22-16(17)12(19)6-8-18(11,17)20/h4-6,8,11,16,20H,2-3,7,9H2,1H3/t11-,16+,17+,18-/m1/s1. The molecule has 5 rings (SSSR count). The van der Waals surface area contributed by atoms with Gasteiger partial charge in [0, 0.05) is 5.56 Å². The lowest BCUT2D eigenvalue weighted by Crippen LogP contribution is -2.68. The molecule has 1 aliphatic heterocycles. The summed E-state index contributed by atoms with van der Waals surface area (Å²) in [5, 5.41) is 11.5. The minimum atomic E-state index is -0.978. The SMILES string of the molecule is COc1ccc2c3c1O[C@H]1C(=O)C=C[C@@]4(O)[C@H](CCC[C@]314)C2. The Bertz CT molecular complexity index is 737. The van der Waals surface area contributed by atoms with E-state index in [-0.39, 0.29) is 11.7 Å². The number of carbonyl (C=O) groups excluding carboxylic acids is 1. The van der Waals surface area contributed by atoms with Crippen molar-refractivity contribution in [3.05, 3.63) is 35.4 Å². The predicted octanol–water partition coefficient (Wildman–Crippen LogP) is 1.92. The Morgan fingerprint density at radius 3 is 3.09 bits per heavy atom. The van der Waals surface area contributed by atoms with Crippen LogP contribution in [0.5, 0.6) is 11.5 Å². The Kier molecular flexibility index (Phi) is 2.16. The summed E-state index contributed by atoms with van der Waals surface area (Å²) in [5.41, 5.74) is 0.622. The van der Waals surface area contributed by atoms with Crippen LogP contribution in [0.1, 0.15) is 30.4 Å². The molecule has 114 valence electrons. The summed E-state index contributed by atoms with van der Waals surface area (Å²) in [6.07, 6.45) is 6.28. The molecule has 4 atom stereocenters. The van der Waals surface area contributed by atoms with Crippen molar-refractivity contribution < 1.29 is 19.4 Å². The molecule has 4 aliphatic rings. The van der Waals surface area contributed by atoms with E-state index in [2.05, 4.69) is 6.07 Å². The van der Waals surface area contributed by atoms with Gasteiger partial charge in [0.15, 0.2) is 23.4 Å². The van der Waals surface area contributed by atoms with Crippen LogP contribution in [0.2, 0.25) is 0 Å². The quantitative estimate of drug-likeness (QED) is 0.860. The minimum absolute atomic E-state index is 0.0450. The van der Waals surface area contributed by atoms with E-state index in [1.54, 1.807) is 13.2 Å². The smallest absolute Gasteiger partial charge is 0.196 e. The van der Waals surface area contributed by atoms with Gasteiger partial charge in [0.2, 0.25) is 0 Å². The van der Waals surface area contributed by atoms with Crippen LogP contribution in [0.25, 0.3) is 0 Å². The predicted molar refractivity (Wildman–Crippen MR) is 79.2 cm³/mol. The maximum absolute atomic E-state index is 12.5. The Morgan fingerprint density at radius 2 is 2.27 bits per heavy atom. The molecule has 0 aromatic heterocycles. The summed E-state index contributed by atoms with van der Waals surface area (Å²) in [6.45, 7) is 0. The van der Waals surface area contributed by atoms with Gasteiger partial charge in [-0.1, -0.05) is 12.5 Å². The number of ether oxygens (including phenoxy) is 2. The van der Waals surface area contributed by atoms with Gasteiger partial charge in [0.1, 0.15) is 5.60 Å². The first-order chi connectivity index (χ1) is 10.6. The molecule has 1 aromatic carbocycles. The van der Waals surface area contributed by atoms with E-state index in [1.165, 1.54) is 11.6 Å². The number of aliphatic hydroxyl groups is 1. The first-order valence-electron chi connectivity index (χ1n) is 7.94. The maximum Gasteiger partial charge on any atom is 0.196 e. The number of methoxy groups -OCH3 is 1. The molecule has 0 saturated heterocycles. The van der Waals surface area contributed by atoms with Crippen LogP contribution < -0.4 is 9.47 Å². The Labute approximate surface area is 128 Å². The van der Waals surface area contributed by atoms with Gasteiger partial charge in [0.25, 0.3) is 0 Å². The number of hydrogen-bond acceptors (Lipinski definition) is 4. The van der Waals surface area contributed by atoms with Crippen molar-refractivity contribution in [3.8, 4) is 11.5 Å². The molecule has 0 amide bonds. The lowest BCUT2D eigenvalue weighted by atomic mass is 9.47. The highest BCUT2D eigenvalue weighted by molar-refractivity contribution is 5.98. The lowest BCUT2D eigenvalue weighted by Gasteiger charge is -2.57. The average Bonchev–Trinajstić information content (AvgIpc) is 2.85. The molecule has 0 radical (unpaired) electrons. The molecule has 1 heterocycles. The van der Waals surface area contributed by atoms with E-state index in [1.807, 2.05) is 6.07 Å². The normalized spacial score (nSPS) is 40.2. The number of ketones is 1. The second kappa shape index (κ2) is 3.74. The Hall–Kier alpha value is -1.81. The number of hydrogen-bond donors (Lipinski definition) is 1. The fraction of sp³-hybridized carbons (Fsp3) is 0.500. The Morgan fingerprint density at radius 1 is 1.41 bits per heavy atom. The van der Waals surface area contributed by atoms with Crippen LogP contribution in [0.4, 0.5) is 0 Å². The molecule has 3 aliphatic carbocycles. The van der Waals surface area contributed by atoms with Gasteiger partial charge < -0.3 is 14.6 Å². The van der Waals surface area contributed by atoms with E-state index in [9.17, 15) is 9.90 Å². The van der Waals surface area contributed by atoms with E-state index in [0.29, 0.717) is 11.5 Å². The summed E-state index contributed by atoms with van der Waals surface area (Å²) in [6, 6.07) is 3.99. The monoisotopic (exact) mass is 298 g/mol. The zero-order chi connectivity index (χ0) is 15.1. The zero-order valence-electron chi connectivity index (χ0n) is 12.5. The molecule has 22 heavy (non-hydrogen) atoms. The van der Waals surface area contributed by atoms with Gasteiger partial charge in [-0.25, -0.2) is 0 Å². The van der Waals surface area contributed by atoms with Crippen molar-refractivity contribution in [2.45, 2.75) is 42.8 Å². The highest BCUT2D eigenvalue weighted by Gasteiger charge is 2.70. The van der Waals surface area contributed by atoms with Crippen molar-refractivity contribution in [3.63, 3.8) is 0 Å². The van der Waals surface area contributed by atoms with Gasteiger partial charge in [-0.15, -0.1) is 0 Å². The molecule has 4 nitrogen and oxygen atoms in total. The van der Waals surface area contributed by atoms with Crippen molar-refractivity contribution in [1.82, 2.24) is 0 Å². The third kappa shape index (κ3) is 1.12. The van der Waals surface area contributed by atoms with Crippen molar-refractivity contribution in [2.75, 3.05) is 7.11 Å². The summed E-state index contributed by atoms with van der Waals surface area (Å²) in [7, 11) is 1.61. The summed E-state index contributed by atoms with van der Waals surface area (Å²) in [5.74, 6) is 1.43. The van der Waals surface area contributed by atoms with Crippen LogP contribution in [0, 0.1) is 5.92 Å². The van der Waals surface area contributed by atoms with E-state index in [0.717, 1.165) is 31.2 Å². The lowest BCUT2D eigenvalue weighted by molar-refractivity contribution is -0.144. The maximum atomic E-state index is 12.5. The highest BCUT2D eigenvalue weighted by Crippen LogP contribution is 2.65. The van der Waals surface area contributed by atoms with E-state index >= 15 is 0 Å². The summed E-state index contributed by atoms with van der Waals surface area (Å²) in [4.78, 5) is 12.5. The second-order valence-corrected chi connectivity index (χ2v) is 6.95. The molecular formula is C18H18O4. The van der Waals surface area contributed by atoms with Crippen LogP contribution >= 0.6 is 0 Å². The molecule has 1 N–H and O–H groups in total. The van der Waals surface area contributed by atoms with Crippen LogP contribution in [-0.2, 0) is 16.6 Å². The van der Waals surface area contributed by atoms with Crippen molar-refractivity contribution in [2.24, 2.45) is 5.92 Å². The first-order valence-corrected chi connectivity index (χ1v) is 7.94. The third-order valence-corrected chi connectivity index (χ3v) is 6.24. The second-order valence-electron chi connectivity index (χ2n) is 6.95. The van der Waals surface area contributed by atoms with Crippen molar-refractivity contribution >= 4 is 5.78 Å². The highest BCUT2D eigenvalue weighted by atomic mass is 16.5. The summed E-state index contributed by atoms with van der Waals surface area (Å²) < 4.78 is 11.5. The van der Waals surface area contributed by atoms with Gasteiger partial charge in [-0.3, -0.25) is 4.79 Å². The van der Waals surface area contributed by atoms with Crippen LogP contribution in [0.3, 0.4) is 0 Å². The third-order valence-electron chi connectivity index (χ3n) is 6.24. The fourth-order valence-electron chi connectivity index (χ4n) is 5.37. The summed E-state index contributed by atoms with van der Waals surface area (Å²) >= 11 is 0. The van der Waals surface area contributed by atoms with Gasteiger partial charge in [0.05, 0.1) is 12.5 Å². The minimum Gasteiger partial charge on any atom is -0.493 e. The largest absolute Gasteiger partial charge is 0.493 e. The van der Waals surface area contributed by atoms with Gasteiger partial charge in [-0.05, 0) is 49.0 Å². The molecule has 1 fully saturated rings. The van der Waals surface area contributed by atoms with Crippen molar-refractivity contribution in [1.29, 1.82) is 0 Å². The van der Waals surface area contributed by atoms with Gasteiger partial charge in [-0.2, -0.15) is 0 Å². The average molecular weight is 298 g/mol. The fourth-order valence-corrected chi connectivity index (χ4v) is 5.37. The van der Waals surface area contributed by atoms with Crippen LogP contribution in [-0.4, -0.2) is 29.7 Å². The zero-order valence-corrected chi connectivity index (χ0v) is 12.5. The number of rotatable bonds is 1. The number of carbonyl (C=O) groups is 1. The molecular weight excluding hydrogens is 280 g/mol. The Balaban J connectivity index is 1.90. The molecule has 0 unspecified atom stereocenters. The number of benzene rings is 1. The first kappa shape index (κ1) is 12.7. The van der Waals surface area contributed by atoms with E-state index in [4.69, 9.17) is 9.47 Å². The molecule has 1 spiro atoms.